The average Bonchev–Trinajstić information content (AvgIpc) is 2.79. The van der Waals surface area contributed by atoms with Gasteiger partial charge in [-0.3, -0.25) is 9.59 Å². The van der Waals surface area contributed by atoms with E-state index in [1.165, 1.54) is 0 Å². The minimum Gasteiger partial charge on any atom is -0.480 e. The summed E-state index contributed by atoms with van der Waals surface area (Å²) in [5, 5.41) is 27.9. The van der Waals surface area contributed by atoms with Gasteiger partial charge in [0, 0.05) is 18.8 Å². The van der Waals surface area contributed by atoms with E-state index in [9.17, 15) is 29.4 Å². The molecule has 3 saturated heterocycles. The molecule has 3 aliphatic heterocycles. The fourth-order valence-electron chi connectivity index (χ4n) is 6.52. The molecule has 0 aromatic rings. The molecule has 0 aromatic carbocycles. The topological polar surface area (TPSA) is 145 Å². The Morgan fingerprint density at radius 3 is 2.00 bits per heavy atom. The van der Waals surface area contributed by atoms with Crippen LogP contribution in [0.1, 0.15) is 44.9 Å². The third-order valence-corrected chi connectivity index (χ3v) is 8.41. The fraction of sp³-hybridized carbons (Fsp3) is 0.826. The summed E-state index contributed by atoms with van der Waals surface area (Å²) in [7, 11) is 3.40. The number of carbonyl (C=O) groups is 4. The van der Waals surface area contributed by atoms with Crippen LogP contribution in [0.2, 0.25) is 0 Å². The molecule has 11 heteroatoms. The van der Waals surface area contributed by atoms with Gasteiger partial charge in [0.25, 0.3) is 0 Å². The third-order valence-electron chi connectivity index (χ3n) is 8.41. The van der Waals surface area contributed by atoms with Crippen LogP contribution < -0.4 is 16.0 Å². The summed E-state index contributed by atoms with van der Waals surface area (Å²) in [5.41, 5.74) is 0. The first-order valence-electron chi connectivity index (χ1n) is 12.7. The molecular formula is C23H40BN4O6+. The molecule has 4 fully saturated rings. The van der Waals surface area contributed by atoms with Crippen LogP contribution in [0.3, 0.4) is 0 Å². The molecule has 4 unspecified atom stereocenters. The van der Waals surface area contributed by atoms with Crippen molar-refractivity contribution in [3.05, 3.63) is 0 Å². The molecule has 10 nitrogen and oxygen atoms in total. The standard InChI is InChI=1S/C23H39BN4O6/c1-25-10-7-14-5-3-4-6-16(14)18(20(29)30)26-22(33)24-23(34)27-19(21(31)32)17-13-28(2)11-8-15(17)9-12-28/h14-19,24-25H,3-13H2,1-2H3,(H3-,26,27,29,30,31,32,33,34)/p+1/t14?,15?,16-,17?,18?,19?,28?/m0/s1. The number of hydrogen-bond donors (Lipinski definition) is 5. The quantitative estimate of drug-likeness (QED) is 0.216. The van der Waals surface area contributed by atoms with E-state index in [4.69, 9.17) is 0 Å². The number of nitrogens with one attached hydrogen (secondary N) is 3. The van der Waals surface area contributed by atoms with E-state index in [1.807, 2.05) is 7.05 Å². The van der Waals surface area contributed by atoms with E-state index in [2.05, 4.69) is 23.0 Å². The maximum atomic E-state index is 12.6. The molecule has 0 radical (unpaired) electrons. The Labute approximate surface area is 202 Å². The lowest BCUT2D eigenvalue weighted by Crippen LogP contribution is -2.65. The predicted molar refractivity (Wildman–Crippen MR) is 128 cm³/mol. The molecule has 0 spiro atoms. The zero-order chi connectivity index (χ0) is 24.9. The molecular weight excluding hydrogens is 439 g/mol. The van der Waals surface area contributed by atoms with E-state index < -0.39 is 42.9 Å². The van der Waals surface area contributed by atoms with E-state index >= 15 is 0 Å². The predicted octanol–water partition coefficient (Wildman–Crippen LogP) is 0.651. The van der Waals surface area contributed by atoms with Crippen molar-refractivity contribution in [3.8, 4) is 0 Å². The number of rotatable bonds is 11. The number of quaternary nitrogens is 1. The molecule has 3 heterocycles. The second-order valence-corrected chi connectivity index (χ2v) is 10.8. The van der Waals surface area contributed by atoms with Crippen molar-refractivity contribution in [2.45, 2.75) is 57.0 Å². The van der Waals surface area contributed by atoms with Crippen LogP contribution in [0.15, 0.2) is 0 Å². The van der Waals surface area contributed by atoms with Crippen molar-refractivity contribution in [1.29, 1.82) is 0 Å². The van der Waals surface area contributed by atoms with Crippen molar-refractivity contribution in [2.24, 2.45) is 23.7 Å². The average molecular weight is 479 g/mol. The van der Waals surface area contributed by atoms with Gasteiger partial charge in [-0.1, -0.05) is 19.3 Å². The molecule has 4 aliphatic rings. The van der Waals surface area contributed by atoms with Crippen molar-refractivity contribution >= 4 is 30.8 Å². The fourth-order valence-corrected chi connectivity index (χ4v) is 6.52. The minimum atomic E-state index is -1.09. The Morgan fingerprint density at radius 2 is 1.47 bits per heavy atom. The number of carbonyl (C=O) groups excluding carboxylic acids is 2. The number of amides is 2. The molecule has 1 saturated carbocycles. The van der Waals surface area contributed by atoms with Gasteiger partial charge in [-0.05, 0) is 44.2 Å². The van der Waals surface area contributed by atoms with Crippen molar-refractivity contribution < 1.29 is 33.9 Å². The summed E-state index contributed by atoms with van der Waals surface area (Å²) < 4.78 is 0.817. The summed E-state index contributed by atoms with van der Waals surface area (Å²) in [6.45, 7) is 3.53. The largest absolute Gasteiger partial charge is 0.480 e. The Bertz CT molecular complexity index is 773. The summed E-state index contributed by atoms with van der Waals surface area (Å²) in [6, 6.07) is -2.09. The zero-order valence-corrected chi connectivity index (χ0v) is 20.4. The van der Waals surface area contributed by atoms with Crippen LogP contribution in [0, 0.1) is 23.7 Å². The number of hydrogen-bond acceptors (Lipinski definition) is 5. The Balaban J connectivity index is 1.59. The van der Waals surface area contributed by atoms with Gasteiger partial charge in [-0.25, -0.2) is 9.59 Å². The van der Waals surface area contributed by atoms with Crippen molar-refractivity contribution in [3.63, 3.8) is 0 Å². The maximum absolute atomic E-state index is 12.6. The zero-order valence-electron chi connectivity index (χ0n) is 20.4. The number of aliphatic carboxylic acids is 2. The van der Waals surface area contributed by atoms with Gasteiger partial charge in [0.05, 0.1) is 26.7 Å². The van der Waals surface area contributed by atoms with E-state index in [-0.39, 0.29) is 23.7 Å². The number of fused-ring (bicyclic) bond motifs is 3. The van der Waals surface area contributed by atoms with Crippen molar-refractivity contribution in [2.75, 3.05) is 40.3 Å². The van der Waals surface area contributed by atoms with Gasteiger partial charge in [-0.2, -0.15) is 0 Å². The molecule has 2 amide bonds. The summed E-state index contributed by atoms with van der Waals surface area (Å²) >= 11 is 0. The Hall–Kier alpha value is -2.14. The second-order valence-electron chi connectivity index (χ2n) is 10.8. The molecule has 190 valence electrons. The summed E-state index contributed by atoms with van der Waals surface area (Å²) in [4.78, 5) is 49.3. The first kappa shape index (κ1) is 26.5. The van der Waals surface area contributed by atoms with Crippen LogP contribution >= 0.6 is 0 Å². The Morgan fingerprint density at radius 1 is 0.912 bits per heavy atom. The number of carboxylic acids is 2. The van der Waals surface area contributed by atoms with Gasteiger partial charge in [0.15, 0.2) is 11.6 Å². The van der Waals surface area contributed by atoms with Gasteiger partial charge in [0.1, 0.15) is 12.1 Å². The molecule has 2 bridgehead atoms. The van der Waals surface area contributed by atoms with Crippen molar-refractivity contribution in [1.82, 2.24) is 16.0 Å². The molecule has 1 aliphatic carbocycles. The van der Waals surface area contributed by atoms with Gasteiger partial charge in [-0.15, -0.1) is 0 Å². The SMILES string of the molecule is CNCCC1CCCC[C@@H]1C(NC(=O)BC(=O)NC(C(=O)O)C1C[N+]2(C)CCC1CC2)C(=O)O. The van der Waals surface area contributed by atoms with E-state index in [0.717, 1.165) is 69.1 Å². The van der Waals surface area contributed by atoms with Crippen LogP contribution in [0.4, 0.5) is 9.59 Å². The first-order chi connectivity index (χ1) is 16.1. The lowest BCUT2D eigenvalue weighted by Gasteiger charge is -2.51. The van der Waals surface area contributed by atoms with Crippen LogP contribution in [-0.4, -0.2) is 97.9 Å². The Kier molecular flexibility index (Phi) is 8.98. The molecule has 0 aromatic heterocycles. The number of carboxylic acid groups (broad SMARTS) is 2. The molecule has 5 atom stereocenters. The highest BCUT2D eigenvalue weighted by Gasteiger charge is 2.49. The van der Waals surface area contributed by atoms with Gasteiger partial charge >= 0.3 is 19.2 Å². The van der Waals surface area contributed by atoms with Gasteiger partial charge < -0.3 is 30.6 Å². The van der Waals surface area contributed by atoms with E-state index in [0.29, 0.717) is 6.54 Å². The lowest BCUT2D eigenvalue weighted by atomic mass is 9.70. The second kappa shape index (κ2) is 11.5. The summed E-state index contributed by atoms with van der Waals surface area (Å²) in [6.07, 6.45) is 6.33. The number of piperidine rings is 3. The third kappa shape index (κ3) is 6.50. The summed E-state index contributed by atoms with van der Waals surface area (Å²) in [5.74, 6) is -3.45. The minimum absolute atomic E-state index is 0.168. The highest BCUT2D eigenvalue weighted by atomic mass is 16.4. The van der Waals surface area contributed by atoms with Crippen LogP contribution in [-0.2, 0) is 9.59 Å². The van der Waals surface area contributed by atoms with E-state index in [1.54, 1.807) is 0 Å². The normalized spacial score (nSPS) is 32.3. The van der Waals surface area contributed by atoms with Crippen LogP contribution in [0.5, 0.6) is 0 Å². The monoisotopic (exact) mass is 479 g/mol. The molecule has 5 N–H and O–H groups in total. The lowest BCUT2D eigenvalue weighted by molar-refractivity contribution is -0.929. The molecule has 34 heavy (non-hydrogen) atoms. The highest BCUT2D eigenvalue weighted by Crippen LogP contribution is 2.38. The van der Waals surface area contributed by atoms with Gasteiger partial charge in [0.2, 0.25) is 0 Å². The smallest absolute Gasteiger partial charge is 0.340 e. The van der Waals surface area contributed by atoms with Crippen LogP contribution in [0.25, 0.3) is 0 Å². The maximum Gasteiger partial charge on any atom is 0.340 e. The highest BCUT2D eigenvalue weighted by molar-refractivity contribution is 6.96. The number of nitrogens with zero attached hydrogens (tertiary/aromatic N) is 1. The first-order valence-corrected chi connectivity index (χ1v) is 12.7. The molecule has 4 rings (SSSR count).